The summed E-state index contributed by atoms with van der Waals surface area (Å²) in [5, 5.41) is 10.0. The first-order valence-electron chi connectivity index (χ1n) is 9.02. The zero-order valence-corrected chi connectivity index (χ0v) is 16.8. The molecule has 1 aromatic heterocycles. The van der Waals surface area contributed by atoms with Gasteiger partial charge in [-0.05, 0) is 32.4 Å². The van der Waals surface area contributed by atoms with E-state index < -0.39 is 14.6 Å². The molecule has 27 heavy (non-hydrogen) atoms. The summed E-state index contributed by atoms with van der Waals surface area (Å²) in [7, 11) is -3.08. The molecule has 1 aromatic carbocycles. The van der Waals surface area contributed by atoms with E-state index >= 15 is 0 Å². The Morgan fingerprint density at radius 3 is 2.89 bits per heavy atom. The zero-order chi connectivity index (χ0) is 19.5. The maximum absolute atomic E-state index is 12.3. The Kier molecular flexibility index (Phi) is 5.50. The van der Waals surface area contributed by atoms with Crippen LogP contribution in [-0.4, -0.2) is 64.6 Å². The lowest BCUT2D eigenvalue weighted by Crippen LogP contribution is -2.57. The highest BCUT2D eigenvalue weighted by Gasteiger charge is 2.40. The van der Waals surface area contributed by atoms with Crippen molar-refractivity contribution in [3.8, 4) is 11.4 Å². The van der Waals surface area contributed by atoms with Gasteiger partial charge in [-0.1, -0.05) is 18.2 Å². The third-order valence-electron chi connectivity index (χ3n) is 4.70. The zero-order valence-electron chi connectivity index (χ0n) is 15.9. The Labute approximate surface area is 160 Å². The van der Waals surface area contributed by atoms with Gasteiger partial charge in [0.15, 0.2) is 21.6 Å². The molecule has 1 aliphatic heterocycles. The predicted molar refractivity (Wildman–Crippen MR) is 106 cm³/mol. The monoisotopic (exact) mass is 390 g/mol. The minimum Gasteiger partial charge on any atom is -0.357 e. The number of aromatic nitrogens is 3. The van der Waals surface area contributed by atoms with Crippen molar-refractivity contribution in [1.82, 2.24) is 25.4 Å². The number of guanidine groups is 1. The largest absolute Gasteiger partial charge is 0.357 e. The average molecular weight is 391 g/mol. The van der Waals surface area contributed by atoms with Gasteiger partial charge in [-0.25, -0.2) is 18.4 Å². The fraction of sp³-hybridized carbons (Fsp3) is 0.500. The van der Waals surface area contributed by atoms with E-state index in [1.165, 1.54) is 6.33 Å². The SMILES string of the molecule is CCNC(=NCc1cccc(-c2ncn[nH]2)c1)N1CCS(=O)(=O)C(C)(C)C1. The molecule has 1 saturated heterocycles. The molecule has 2 N–H and O–H groups in total. The van der Waals surface area contributed by atoms with Crippen LogP contribution in [0.15, 0.2) is 35.6 Å². The minimum atomic E-state index is -3.08. The minimum absolute atomic E-state index is 0.144. The molecule has 0 atom stereocenters. The van der Waals surface area contributed by atoms with Crippen molar-refractivity contribution in [3.05, 3.63) is 36.2 Å². The van der Waals surface area contributed by atoms with Gasteiger partial charge in [0.2, 0.25) is 0 Å². The van der Waals surface area contributed by atoms with Crippen LogP contribution in [0.4, 0.5) is 0 Å². The molecule has 0 saturated carbocycles. The highest BCUT2D eigenvalue weighted by Crippen LogP contribution is 2.24. The van der Waals surface area contributed by atoms with Crippen molar-refractivity contribution in [2.24, 2.45) is 4.99 Å². The lowest BCUT2D eigenvalue weighted by molar-refractivity contribution is 0.353. The van der Waals surface area contributed by atoms with Crippen molar-refractivity contribution in [2.45, 2.75) is 32.1 Å². The normalized spacial score (nSPS) is 19.1. The standard InChI is InChI=1S/C18H26N6O2S/c1-4-19-17(24-8-9-27(25,26)18(2,3)12-24)20-11-14-6-5-7-15(10-14)16-21-13-22-23-16/h5-7,10,13H,4,8-9,11-12H2,1-3H3,(H,19,20)(H,21,22,23). The number of hydrogen-bond acceptors (Lipinski definition) is 5. The van der Waals surface area contributed by atoms with Gasteiger partial charge in [0, 0.05) is 25.2 Å². The van der Waals surface area contributed by atoms with Crippen LogP contribution in [0.2, 0.25) is 0 Å². The highest BCUT2D eigenvalue weighted by atomic mass is 32.2. The van der Waals surface area contributed by atoms with Crippen molar-refractivity contribution < 1.29 is 8.42 Å². The molecule has 0 aliphatic carbocycles. The Balaban J connectivity index is 1.78. The number of nitrogens with one attached hydrogen (secondary N) is 2. The molecule has 146 valence electrons. The van der Waals surface area contributed by atoms with Crippen LogP contribution in [0.25, 0.3) is 11.4 Å². The Hall–Kier alpha value is -2.42. The summed E-state index contributed by atoms with van der Waals surface area (Å²) in [6.07, 6.45) is 1.48. The molecule has 3 rings (SSSR count). The fourth-order valence-electron chi connectivity index (χ4n) is 3.08. The number of sulfone groups is 1. The lowest BCUT2D eigenvalue weighted by atomic mass is 10.1. The summed E-state index contributed by atoms with van der Waals surface area (Å²) in [4.78, 5) is 10.9. The first-order chi connectivity index (χ1) is 12.8. The van der Waals surface area contributed by atoms with Gasteiger partial charge in [-0.3, -0.25) is 5.10 Å². The molecule has 2 aromatic rings. The van der Waals surface area contributed by atoms with Gasteiger partial charge in [-0.2, -0.15) is 5.10 Å². The van der Waals surface area contributed by atoms with Gasteiger partial charge in [0.05, 0.1) is 17.0 Å². The van der Waals surface area contributed by atoms with E-state index in [4.69, 9.17) is 4.99 Å². The molecule has 2 heterocycles. The van der Waals surface area contributed by atoms with E-state index in [1.54, 1.807) is 13.8 Å². The molecule has 0 unspecified atom stereocenters. The molecular formula is C18H26N6O2S. The van der Waals surface area contributed by atoms with Crippen LogP contribution in [0.1, 0.15) is 26.3 Å². The van der Waals surface area contributed by atoms with Crippen LogP contribution in [0, 0.1) is 0 Å². The smallest absolute Gasteiger partial charge is 0.194 e. The average Bonchev–Trinajstić information content (AvgIpc) is 3.16. The summed E-state index contributed by atoms with van der Waals surface area (Å²) in [6, 6.07) is 7.97. The molecule has 0 amide bonds. The van der Waals surface area contributed by atoms with Gasteiger partial charge in [0.25, 0.3) is 0 Å². The van der Waals surface area contributed by atoms with Gasteiger partial charge >= 0.3 is 0 Å². The molecule has 1 fully saturated rings. The van der Waals surface area contributed by atoms with Crippen molar-refractivity contribution in [2.75, 3.05) is 25.4 Å². The third-order valence-corrected chi connectivity index (χ3v) is 7.24. The van der Waals surface area contributed by atoms with E-state index in [1.807, 2.05) is 36.1 Å². The molecular weight excluding hydrogens is 364 g/mol. The second-order valence-corrected chi connectivity index (χ2v) is 9.95. The number of H-pyrrole nitrogens is 1. The number of hydrogen-bond donors (Lipinski definition) is 2. The second-order valence-electron chi connectivity index (χ2n) is 7.20. The summed E-state index contributed by atoms with van der Waals surface area (Å²) in [6.45, 7) is 7.66. The van der Waals surface area contributed by atoms with Crippen LogP contribution in [0.5, 0.6) is 0 Å². The molecule has 8 nitrogen and oxygen atoms in total. The number of benzene rings is 1. The summed E-state index contributed by atoms with van der Waals surface area (Å²) >= 11 is 0. The molecule has 0 radical (unpaired) electrons. The predicted octanol–water partition coefficient (Wildman–Crippen LogP) is 1.45. The molecule has 1 aliphatic rings. The first kappa shape index (κ1) is 19.3. The van der Waals surface area contributed by atoms with Gasteiger partial charge < -0.3 is 10.2 Å². The first-order valence-corrected chi connectivity index (χ1v) is 10.7. The van der Waals surface area contributed by atoms with Crippen LogP contribution in [-0.2, 0) is 16.4 Å². The third kappa shape index (κ3) is 4.29. The number of nitrogens with zero attached hydrogens (tertiary/aromatic N) is 4. The fourth-order valence-corrected chi connectivity index (χ4v) is 4.44. The van der Waals surface area contributed by atoms with Crippen LogP contribution >= 0.6 is 0 Å². The molecule has 0 bridgehead atoms. The van der Waals surface area contributed by atoms with Crippen molar-refractivity contribution in [1.29, 1.82) is 0 Å². The van der Waals surface area contributed by atoms with Gasteiger partial charge in [-0.15, -0.1) is 0 Å². The Bertz CT molecular complexity index is 906. The summed E-state index contributed by atoms with van der Waals surface area (Å²) in [5.74, 6) is 1.60. The van der Waals surface area contributed by atoms with Crippen LogP contribution in [0.3, 0.4) is 0 Å². The quantitative estimate of drug-likeness (QED) is 0.605. The summed E-state index contributed by atoms with van der Waals surface area (Å²) in [5.41, 5.74) is 2.00. The van der Waals surface area contributed by atoms with Crippen LogP contribution < -0.4 is 5.32 Å². The Morgan fingerprint density at radius 1 is 1.41 bits per heavy atom. The highest BCUT2D eigenvalue weighted by molar-refractivity contribution is 7.92. The van der Waals surface area contributed by atoms with E-state index in [-0.39, 0.29) is 5.75 Å². The number of aliphatic imine (C=N–C) groups is 1. The summed E-state index contributed by atoms with van der Waals surface area (Å²) < 4.78 is 23.7. The maximum atomic E-state index is 12.3. The van der Waals surface area contributed by atoms with E-state index in [0.29, 0.717) is 19.6 Å². The van der Waals surface area contributed by atoms with E-state index in [9.17, 15) is 8.42 Å². The van der Waals surface area contributed by atoms with E-state index in [2.05, 4.69) is 20.5 Å². The Morgan fingerprint density at radius 2 is 2.22 bits per heavy atom. The molecule has 0 spiro atoms. The van der Waals surface area contributed by atoms with E-state index in [0.717, 1.165) is 29.5 Å². The topological polar surface area (TPSA) is 103 Å². The lowest BCUT2D eigenvalue weighted by Gasteiger charge is -2.39. The number of aromatic amines is 1. The van der Waals surface area contributed by atoms with Crippen molar-refractivity contribution in [3.63, 3.8) is 0 Å². The number of rotatable bonds is 4. The maximum Gasteiger partial charge on any atom is 0.194 e. The van der Waals surface area contributed by atoms with Gasteiger partial charge in [0.1, 0.15) is 6.33 Å². The van der Waals surface area contributed by atoms with Crippen molar-refractivity contribution >= 4 is 15.8 Å². The second kappa shape index (κ2) is 7.67. The molecule has 9 heteroatoms.